The molecule has 8 nitrogen and oxygen atoms in total. The maximum absolute atomic E-state index is 12.8. The zero-order chi connectivity index (χ0) is 21.7. The molecule has 0 aliphatic carbocycles. The Morgan fingerprint density at radius 1 is 1.03 bits per heavy atom. The zero-order valence-corrected chi connectivity index (χ0v) is 17.2. The molecule has 1 heterocycles. The maximum Gasteiger partial charge on any atom is 0.262 e. The van der Waals surface area contributed by atoms with Gasteiger partial charge >= 0.3 is 0 Å². The highest BCUT2D eigenvalue weighted by atomic mass is 16.2. The molecule has 0 saturated heterocycles. The van der Waals surface area contributed by atoms with Crippen molar-refractivity contribution in [2.24, 2.45) is 5.92 Å². The highest BCUT2D eigenvalue weighted by molar-refractivity contribution is 5.97. The topological polar surface area (TPSA) is 105 Å². The molecular weight excluding hydrogens is 382 g/mol. The van der Waals surface area contributed by atoms with E-state index in [1.807, 2.05) is 26.8 Å². The van der Waals surface area contributed by atoms with Crippen molar-refractivity contribution in [1.82, 2.24) is 20.3 Å². The van der Waals surface area contributed by atoms with Gasteiger partial charge in [-0.15, -0.1) is 0 Å². The molecule has 3 rings (SSSR count). The molecule has 156 valence electrons. The van der Waals surface area contributed by atoms with Crippen molar-refractivity contribution in [3.63, 3.8) is 0 Å². The van der Waals surface area contributed by atoms with Crippen LogP contribution < -0.4 is 21.7 Å². The lowest BCUT2D eigenvalue weighted by atomic mass is 10.0. The smallest absolute Gasteiger partial charge is 0.262 e. The second-order valence-electron chi connectivity index (χ2n) is 7.18. The van der Waals surface area contributed by atoms with E-state index in [-0.39, 0.29) is 23.3 Å². The molecule has 3 N–H and O–H groups in total. The molecule has 3 aromatic rings. The first kappa shape index (κ1) is 21.0. The summed E-state index contributed by atoms with van der Waals surface area (Å²) in [7, 11) is 0. The lowest BCUT2D eigenvalue weighted by Crippen LogP contribution is -2.51. The van der Waals surface area contributed by atoms with Gasteiger partial charge in [-0.2, -0.15) is 0 Å². The summed E-state index contributed by atoms with van der Waals surface area (Å²) < 4.78 is 1.44. The summed E-state index contributed by atoms with van der Waals surface area (Å²) in [6.07, 6.45) is 0. The summed E-state index contributed by atoms with van der Waals surface area (Å²) in [6.45, 7) is 5.88. The van der Waals surface area contributed by atoms with Crippen molar-refractivity contribution in [2.45, 2.75) is 33.4 Å². The van der Waals surface area contributed by atoms with E-state index < -0.39 is 11.9 Å². The third kappa shape index (κ3) is 4.48. The number of hydrogen-bond donors (Lipinski definition) is 3. The van der Waals surface area contributed by atoms with E-state index in [9.17, 15) is 14.4 Å². The number of para-hydroxylation sites is 1. The standard InChI is InChI=1S/C22H25N5O3/c1-4-27-21(30)16-12-8-9-13-17(16)23-22(27)26-25-20(29)18(14(2)3)24-19(28)15-10-6-5-7-11-15/h5-14,18H,4H2,1-3H3,(H,23,26)(H,24,28)(H,25,29). The number of carbonyl (C=O) groups excluding carboxylic acids is 2. The first-order chi connectivity index (χ1) is 14.4. The minimum atomic E-state index is -0.771. The van der Waals surface area contributed by atoms with Crippen molar-refractivity contribution in [3.05, 3.63) is 70.5 Å². The van der Waals surface area contributed by atoms with Gasteiger partial charge in [0.1, 0.15) is 6.04 Å². The van der Waals surface area contributed by atoms with Crippen molar-refractivity contribution in [2.75, 3.05) is 5.43 Å². The molecule has 0 fully saturated rings. The molecule has 2 aromatic carbocycles. The monoisotopic (exact) mass is 407 g/mol. The average molecular weight is 407 g/mol. The number of aromatic nitrogens is 2. The van der Waals surface area contributed by atoms with Crippen LogP contribution in [0.3, 0.4) is 0 Å². The van der Waals surface area contributed by atoms with Crippen LogP contribution in [0.4, 0.5) is 5.95 Å². The molecule has 8 heteroatoms. The Kier molecular flexibility index (Phi) is 6.46. The van der Waals surface area contributed by atoms with Gasteiger partial charge in [-0.05, 0) is 37.1 Å². The van der Waals surface area contributed by atoms with E-state index in [4.69, 9.17) is 0 Å². The molecule has 0 radical (unpaired) electrons. The van der Waals surface area contributed by atoms with Crippen LogP contribution in [0.15, 0.2) is 59.4 Å². The van der Waals surface area contributed by atoms with Crippen LogP contribution >= 0.6 is 0 Å². The number of fused-ring (bicyclic) bond motifs is 1. The molecule has 2 amide bonds. The van der Waals surface area contributed by atoms with Crippen molar-refractivity contribution < 1.29 is 9.59 Å². The second kappa shape index (κ2) is 9.21. The van der Waals surface area contributed by atoms with Gasteiger partial charge in [0, 0.05) is 12.1 Å². The van der Waals surface area contributed by atoms with Crippen LogP contribution in [0.5, 0.6) is 0 Å². The molecule has 0 aliphatic rings. The van der Waals surface area contributed by atoms with Crippen molar-refractivity contribution >= 4 is 28.7 Å². The third-order valence-corrected chi connectivity index (χ3v) is 4.75. The first-order valence-corrected chi connectivity index (χ1v) is 9.83. The Bertz CT molecular complexity index is 1110. The van der Waals surface area contributed by atoms with Gasteiger partial charge in [0.2, 0.25) is 5.95 Å². The van der Waals surface area contributed by atoms with Gasteiger partial charge < -0.3 is 5.32 Å². The Balaban J connectivity index is 1.77. The second-order valence-corrected chi connectivity index (χ2v) is 7.18. The fourth-order valence-corrected chi connectivity index (χ4v) is 3.10. The van der Waals surface area contributed by atoms with E-state index in [1.165, 1.54) is 4.57 Å². The predicted molar refractivity (Wildman–Crippen MR) is 116 cm³/mol. The molecule has 1 unspecified atom stereocenters. The zero-order valence-electron chi connectivity index (χ0n) is 17.2. The number of hydrazine groups is 1. The van der Waals surface area contributed by atoms with Crippen LogP contribution in [0.25, 0.3) is 10.9 Å². The van der Waals surface area contributed by atoms with Gasteiger partial charge in [0.05, 0.1) is 10.9 Å². The summed E-state index contributed by atoms with van der Waals surface area (Å²) in [5, 5.41) is 3.26. The Morgan fingerprint density at radius 3 is 2.37 bits per heavy atom. The highest BCUT2D eigenvalue weighted by Gasteiger charge is 2.25. The number of anilines is 1. The number of amides is 2. The van der Waals surface area contributed by atoms with Gasteiger partial charge in [0.25, 0.3) is 17.4 Å². The lowest BCUT2D eigenvalue weighted by Gasteiger charge is -2.22. The number of hydrogen-bond acceptors (Lipinski definition) is 5. The molecule has 0 saturated carbocycles. The summed E-state index contributed by atoms with van der Waals surface area (Å²) in [6, 6.07) is 15.0. The molecular formula is C22H25N5O3. The highest BCUT2D eigenvalue weighted by Crippen LogP contribution is 2.11. The van der Waals surface area contributed by atoms with E-state index >= 15 is 0 Å². The molecule has 30 heavy (non-hydrogen) atoms. The number of rotatable bonds is 7. The van der Waals surface area contributed by atoms with Crippen molar-refractivity contribution in [1.29, 1.82) is 0 Å². The SMILES string of the molecule is CCn1c(NNC(=O)C(NC(=O)c2ccccc2)C(C)C)nc2ccccc2c1=O. The molecule has 0 spiro atoms. The van der Waals surface area contributed by atoms with Gasteiger partial charge in [0.15, 0.2) is 0 Å². The normalized spacial score (nSPS) is 11.9. The summed E-state index contributed by atoms with van der Waals surface area (Å²) in [5.41, 5.74) is 6.13. The van der Waals surface area contributed by atoms with Crippen LogP contribution in [0.2, 0.25) is 0 Å². The lowest BCUT2D eigenvalue weighted by molar-refractivity contribution is -0.123. The average Bonchev–Trinajstić information content (AvgIpc) is 2.76. The summed E-state index contributed by atoms with van der Waals surface area (Å²) in [4.78, 5) is 42.4. The van der Waals surface area contributed by atoms with Crippen LogP contribution in [-0.2, 0) is 11.3 Å². The van der Waals surface area contributed by atoms with E-state index in [0.29, 0.717) is 23.0 Å². The number of carbonyl (C=O) groups is 2. The van der Waals surface area contributed by atoms with Crippen LogP contribution in [0.1, 0.15) is 31.1 Å². The van der Waals surface area contributed by atoms with E-state index in [2.05, 4.69) is 21.2 Å². The molecule has 0 aliphatic heterocycles. The van der Waals surface area contributed by atoms with E-state index in [0.717, 1.165) is 0 Å². The Labute approximate surface area is 174 Å². The fraction of sp³-hybridized carbons (Fsp3) is 0.273. The van der Waals surface area contributed by atoms with Gasteiger partial charge in [-0.1, -0.05) is 44.2 Å². The number of benzene rings is 2. The maximum atomic E-state index is 12.8. The molecule has 1 atom stereocenters. The minimum absolute atomic E-state index is 0.155. The van der Waals surface area contributed by atoms with Crippen LogP contribution in [-0.4, -0.2) is 27.4 Å². The largest absolute Gasteiger partial charge is 0.340 e. The van der Waals surface area contributed by atoms with Crippen molar-refractivity contribution in [3.8, 4) is 0 Å². The number of nitrogens with zero attached hydrogens (tertiary/aromatic N) is 2. The minimum Gasteiger partial charge on any atom is -0.340 e. The quantitative estimate of drug-likeness (QED) is 0.521. The van der Waals surface area contributed by atoms with Gasteiger partial charge in [-0.25, -0.2) is 4.98 Å². The third-order valence-electron chi connectivity index (χ3n) is 4.75. The molecule has 1 aromatic heterocycles. The summed E-state index contributed by atoms with van der Waals surface area (Å²) >= 11 is 0. The van der Waals surface area contributed by atoms with Gasteiger partial charge in [-0.3, -0.25) is 29.8 Å². The Morgan fingerprint density at radius 2 is 1.70 bits per heavy atom. The van der Waals surface area contributed by atoms with E-state index in [1.54, 1.807) is 48.5 Å². The fourth-order valence-electron chi connectivity index (χ4n) is 3.10. The number of nitrogens with one attached hydrogen (secondary N) is 3. The first-order valence-electron chi connectivity index (χ1n) is 9.83. The summed E-state index contributed by atoms with van der Waals surface area (Å²) in [5.74, 6) is -0.693. The molecule has 0 bridgehead atoms. The Hall–Kier alpha value is -3.68. The predicted octanol–water partition coefficient (Wildman–Crippen LogP) is 2.31. The van der Waals surface area contributed by atoms with Crippen LogP contribution in [0, 0.1) is 5.92 Å².